The van der Waals surface area contributed by atoms with E-state index in [0.717, 1.165) is 24.9 Å². The summed E-state index contributed by atoms with van der Waals surface area (Å²) >= 11 is 0. The molecule has 0 amide bonds. The van der Waals surface area contributed by atoms with Gasteiger partial charge in [-0.05, 0) is 18.6 Å². The maximum atomic E-state index is 12.4. The highest BCUT2D eigenvalue weighted by atomic mass is 32.2. The fourth-order valence-electron chi connectivity index (χ4n) is 3.43. The molecule has 29 heavy (non-hydrogen) atoms. The SMILES string of the molecule is CCCCCCCCCCCCNS(=O)(=O)c1ccc(C[n+]2ccccc2)cc1. The standard InChI is InChI=1S/C24H37N2O2S/c1-2-3-4-5-6-7-8-9-10-12-19-25-29(27,28)24-17-15-23(16-18-24)22-26-20-13-11-14-21-26/h11,13-18,20-21,25H,2-10,12,19,22H2,1H3/q+1. The first-order valence-electron chi connectivity index (χ1n) is 11.1. The summed E-state index contributed by atoms with van der Waals surface area (Å²) in [4.78, 5) is 0.339. The number of nitrogens with zero attached hydrogens (tertiary/aromatic N) is 1. The third kappa shape index (κ3) is 9.55. The molecule has 5 heteroatoms. The Balaban J connectivity index is 1.62. The minimum atomic E-state index is -3.42. The second-order valence-electron chi connectivity index (χ2n) is 7.77. The smallest absolute Gasteiger partial charge is 0.211 e. The van der Waals surface area contributed by atoms with Crippen molar-refractivity contribution in [2.75, 3.05) is 6.54 Å². The number of nitrogens with one attached hydrogen (secondary N) is 1. The molecule has 0 unspecified atom stereocenters. The van der Waals surface area contributed by atoms with Crippen LogP contribution in [0.15, 0.2) is 59.8 Å². The number of aromatic nitrogens is 1. The molecule has 0 aliphatic carbocycles. The first-order chi connectivity index (χ1) is 14.1. The number of sulfonamides is 1. The fourth-order valence-corrected chi connectivity index (χ4v) is 4.50. The minimum Gasteiger partial charge on any atom is -0.211 e. The molecular formula is C24H37N2O2S+. The van der Waals surface area contributed by atoms with Crippen LogP contribution >= 0.6 is 0 Å². The van der Waals surface area contributed by atoms with Crippen molar-refractivity contribution < 1.29 is 13.0 Å². The molecule has 4 nitrogen and oxygen atoms in total. The quantitative estimate of drug-likeness (QED) is 0.319. The molecule has 1 heterocycles. The molecule has 0 saturated heterocycles. The van der Waals surface area contributed by atoms with Crippen LogP contribution in [0.2, 0.25) is 0 Å². The number of rotatable bonds is 15. The van der Waals surface area contributed by atoms with E-state index in [1.807, 2.05) is 42.7 Å². The maximum absolute atomic E-state index is 12.4. The van der Waals surface area contributed by atoms with E-state index >= 15 is 0 Å². The molecule has 160 valence electrons. The van der Waals surface area contributed by atoms with Gasteiger partial charge >= 0.3 is 0 Å². The number of hydrogen-bond acceptors (Lipinski definition) is 2. The molecule has 0 atom stereocenters. The molecule has 1 N–H and O–H groups in total. The molecule has 1 aromatic carbocycles. The average molecular weight is 418 g/mol. The lowest BCUT2D eigenvalue weighted by Crippen LogP contribution is -2.32. The van der Waals surface area contributed by atoms with Gasteiger partial charge in [-0.15, -0.1) is 0 Å². The molecule has 2 aromatic rings. The fraction of sp³-hybridized carbons (Fsp3) is 0.542. The summed E-state index contributed by atoms with van der Waals surface area (Å²) in [5, 5.41) is 0. The Kier molecular flexibility index (Phi) is 11.0. The summed E-state index contributed by atoms with van der Waals surface area (Å²) in [6.07, 6.45) is 16.5. The highest BCUT2D eigenvalue weighted by Gasteiger charge is 2.13. The molecule has 2 rings (SSSR count). The highest BCUT2D eigenvalue weighted by Crippen LogP contribution is 2.12. The van der Waals surface area contributed by atoms with E-state index in [2.05, 4.69) is 16.2 Å². The lowest BCUT2D eigenvalue weighted by Gasteiger charge is -2.07. The van der Waals surface area contributed by atoms with Gasteiger partial charge in [-0.2, -0.15) is 0 Å². The number of pyridine rings is 1. The second kappa shape index (κ2) is 13.5. The van der Waals surface area contributed by atoms with E-state index in [1.54, 1.807) is 12.1 Å². The van der Waals surface area contributed by atoms with E-state index in [1.165, 1.54) is 51.4 Å². The predicted octanol–water partition coefficient (Wildman–Crippen LogP) is 5.22. The van der Waals surface area contributed by atoms with Crippen LogP contribution in [0.4, 0.5) is 0 Å². The van der Waals surface area contributed by atoms with Gasteiger partial charge in [0, 0.05) is 24.2 Å². The topological polar surface area (TPSA) is 50.1 Å². The average Bonchev–Trinajstić information content (AvgIpc) is 2.73. The van der Waals surface area contributed by atoms with Gasteiger partial charge in [0.15, 0.2) is 18.9 Å². The first kappa shape index (κ1) is 23.6. The van der Waals surface area contributed by atoms with Gasteiger partial charge in [-0.25, -0.2) is 17.7 Å². The molecular weight excluding hydrogens is 380 g/mol. The zero-order valence-electron chi connectivity index (χ0n) is 17.9. The first-order valence-corrected chi connectivity index (χ1v) is 12.6. The molecule has 0 aliphatic heterocycles. The van der Waals surface area contributed by atoms with Crippen LogP contribution in [0.25, 0.3) is 0 Å². The zero-order chi connectivity index (χ0) is 20.8. The van der Waals surface area contributed by atoms with Gasteiger partial charge in [0.1, 0.15) is 0 Å². The molecule has 0 bridgehead atoms. The van der Waals surface area contributed by atoms with Crippen molar-refractivity contribution in [3.05, 3.63) is 60.4 Å². The Hall–Kier alpha value is -1.72. The van der Waals surface area contributed by atoms with Crippen LogP contribution in [-0.2, 0) is 16.6 Å². The molecule has 0 aliphatic rings. The molecule has 0 saturated carbocycles. The molecule has 0 radical (unpaired) electrons. The summed E-state index contributed by atoms with van der Waals surface area (Å²) in [7, 11) is -3.42. The van der Waals surface area contributed by atoms with Crippen LogP contribution in [-0.4, -0.2) is 15.0 Å². The van der Waals surface area contributed by atoms with E-state index < -0.39 is 10.0 Å². The summed E-state index contributed by atoms with van der Waals surface area (Å²) in [6.45, 7) is 3.49. The molecule has 0 spiro atoms. The van der Waals surface area contributed by atoms with Crippen molar-refractivity contribution in [2.45, 2.75) is 82.6 Å². The third-order valence-electron chi connectivity index (χ3n) is 5.20. The van der Waals surface area contributed by atoms with Crippen LogP contribution in [0.5, 0.6) is 0 Å². The highest BCUT2D eigenvalue weighted by molar-refractivity contribution is 7.89. The Morgan fingerprint density at radius 3 is 1.90 bits per heavy atom. The minimum absolute atomic E-state index is 0.339. The maximum Gasteiger partial charge on any atom is 0.240 e. The van der Waals surface area contributed by atoms with Crippen LogP contribution < -0.4 is 9.29 Å². The predicted molar refractivity (Wildman–Crippen MR) is 119 cm³/mol. The van der Waals surface area contributed by atoms with Crippen LogP contribution in [0.1, 0.15) is 76.7 Å². The van der Waals surface area contributed by atoms with E-state index in [9.17, 15) is 8.42 Å². The summed E-state index contributed by atoms with van der Waals surface area (Å²) in [5.41, 5.74) is 1.08. The van der Waals surface area contributed by atoms with E-state index in [4.69, 9.17) is 0 Å². The lowest BCUT2D eigenvalue weighted by atomic mass is 10.1. The van der Waals surface area contributed by atoms with Gasteiger partial charge in [0.25, 0.3) is 0 Å². The molecule has 1 aromatic heterocycles. The van der Waals surface area contributed by atoms with Crippen molar-refractivity contribution in [3.63, 3.8) is 0 Å². The summed E-state index contributed by atoms with van der Waals surface area (Å²) in [5.74, 6) is 0. The summed E-state index contributed by atoms with van der Waals surface area (Å²) < 4.78 is 29.7. The lowest BCUT2D eigenvalue weighted by molar-refractivity contribution is -0.688. The Labute approximate surface area is 177 Å². The monoisotopic (exact) mass is 417 g/mol. The van der Waals surface area contributed by atoms with Crippen LogP contribution in [0, 0.1) is 0 Å². The van der Waals surface area contributed by atoms with Gasteiger partial charge in [-0.1, -0.05) is 82.9 Å². The third-order valence-corrected chi connectivity index (χ3v) is 6.68. The largest absolute Gasteiger partial charge is 0.240 e. The number of benzene rings is 1. The Bertz CT molecular complexity index is 774. The van der Waals surface area contributed by atoms with Crippen molar-refractivity contribution in [3.8, 4) is 0 Å². The van der Waals surface area contributed by atoms with Gasteiger partial charge in [0.2, 0.25) is 10.0 Å². The van der Waals surface area contributed by atoms with Gasteiger partial charge in [-0.3, -0.25) is 0 Å². The van der Waals surface area contributed by atoms with Crippen LogP contribution in [0.3, 0.4) is 0 Å². The van der Waals surface area contributed by atoms with Crippen molar-refractivity contribution >= 4 is 10.0 Å². The number of unbranched alkanes of at least 4 members (excludes halogenated alkanes) is 9. The van der Waals surface area contributed by atoms with E-state index in [0.29, 0.717) is 11.4 Å². The van der Waals surface area contributed by atoms with Crippen molar-refractivity contribution in [1.82, 2.24) is 4.72 Å². The van der Waals surface area contributed by atoms with Crippen molar-refractivity contribution in [1.29, 1.82) is 0 Å². The Morgan fingerprint density at radius 2 is 1.31 bits per heavy atom. The molecule has 0 fully saturated rings. The van der Waals surface area contributed by atoms with E-state index in [-0.39, 0.29) is 0 Å². The Morgan fingerprint density at radius 1 is 0.759 bits per heavy atom. The second-order valence-corrected chi connectivity index (χ2v) is 9.54. The zero-order valence-corrected chi connectivity index (χ0v) is 18.7. The van der Waals surface area contributed by atoms with Crippen molar-refractivity contribution in [2.24, 2.45) is 0 Å². The van der Waals surface area contributed by atoms with Gasteiger partial charge < -0.3 is 0 Å². The van der Waals surface area contributed by atoms with Gasteiger partial charge in [0.05, 0.1) is 4.90 Å². The normalized spacial score (nSPS) is 11.6. The summed E-state index contributed by atoms with van der Waals surface area (Å²) in [6, 6.07) is 13.1. The number of hydrogen-bond donors (Lipinski definition) is 1.